The van der Waals surface area contributed by atoms with Crippen molar-refractivity contribution in [2.24, 2.45) is 5.73 Å². The monoisotopic (exact) mass is 276 g/mol. The van der Waals surface area contributed by atoms with Crippen LogP contribution in [0.2, 0.25) is 0 Å². The van der Waals surface area contributed by atoms with Gasteiger partial charge in [-0.2, -0.15) is 0 Å². The zero-order valence-corrected chi connectivity index (χ0v) is 12.7. The summed E-state index contributed by atoms with van der Waals surface area (Å²) < 4.78 is 5.37. The van der Waals surface area contributed by atoms with E-state index in [2.05, 4.69) is 23.1 Å². The van der Waals surface area contributed by atoms with Crippen molar-refractivity contribution < 1.29 is 4.74 Å². The van der Waals surface area contributed by atoms with Gasteiger partial charge in [-0.05, 0) is 37.9 Å². The van der Waals surface area contributed by atoms with Crippen LogP contribution in [0, 0.1) is 0 Å². The minimum absolute atomic E-state index is 0.663. The van der Waals surface area contributed by atoms with Crippen LogP contribution < -0.4 is 15.4 Å². The summed E-state index contributed by atoms with van der Waals surface area (Å²) in [6.45, 7) is 1.81. The average molecular weight is 276 g/mol. The molecule has 0 aromatic heterocycles. The summed E-state index contributed by atoms with van der Waals surface area (Å²) in [7, 11) is 1.73. The van der Waals surface area contributed by atoms with E-state index in [-0.39, 0.29) is 0 Å². The number of anilines is 1. The maximum absolute atomic E-state index is 5.72. The third-order valence-corrected chi connectivity index (χ3v) is 4.25. The lowest BCUT2D eigenvalue weighted by Gasteiger charge is -2.33. The molecule has 0 atom stereocenters. The Hall–Kier alpha value is -1.22. The molecule has 0 unspecified atom stereocenters. The maximum atomic E-state index is 5.72. The molecule has 112 valence electrons. The number of nitrogens with two attached hydrogens (primary N) is 1. The average Bonchev–Trinajstić information content (AvgIpc) is 2.77. The van der Waals surface area contributed by atoms with Crippen LogP contribution in [0.3, 0.4) is 0 Å². The van der Waals surface area contributed by atoms with Crippen molar-refractivity contribution in [3.63, 3.8) is 0 Å². The van der Waals surface area contributed by atoms with Crippen molar-refractivity contribution in [2.75, 3.05) is 25.1 Å². The normalized spacial score (nSPS) is 16.7. The van der Waals surface area contributed by atoms with Crippen LogP contribution in [0.5, 0.6) is 5.75 Å². The second-order valence-corrected chi connectivity index (χ2v) is 5.68. The first kappa shape index (κ1) is 15.2. The summed E-state index contributed by atoms with van der Waals surface area (Å²) in [5.41, 5.74) is 7.00. The Morgan fingerprint density at radius 1 is 1.20 bits per heavy atom. The van der Waals surface area contributed by atoms with Crippen molar-refractivity contribution in [3.05, 3.63) is 24.3 Å². The molecule has 1 fully saturated rings. The molecule has 20 heavy (non-hydrogen) atoms. The lowest BCUT2D eigenvalue weighted by Crippen LogP contribution is -2.36. The van der Waals surface area contributed by atoms with Gasteiger partial charge in [0.05, 0.1) is 7.11 Å². The molecule has 1 aromatic carbocycles. The highest BCUT2D eigenvalue weighted by Crippen LogP contribution is 2.29. The maximum Gasteiger partial charge on any atom is 0.120 e. The van der Waals surface area contributed by atoms with Crippen molar-refractivity contribution in [1.82, 2.24) is 0 Å². The van der Waals surface area contributed by atoms with Crippen LogP contribution in [-0.2, 0) is 0 Å². The number of hydrogen-bond acceptors (Lipinski definition) is 3. The highest BCUT2D eigenvalue weighted by Gasteiger charge is 2.20. The van der Waals surface area contributed by atoms with Gasteiger partial charge in [-0.25, -0.2) is 0 Å². The molecule has 0 saturated heterocycles. The third kappa shape index (κ3) is 4.14. The van der Waals surface area contributed by atoms with E-state index in [1.54, 1.807) is 7.11 Å². The standard InChI is InChI=1S/C17H28N2O/c1-20-17-11-6-10-16(14-17)19(13-7-12-18)15-8-4-2-3-5-9-15/h6,10-11,14-15H,2-5,7-9,12-13,18H2,1H3. The highest BCUT2D eigenvalue weighted by atomic mass is 16.5. The topological polar surface area (TPSA) is 38.5 Å². The Bertz CT molecular complexity index is 386. The van der Waals surface area contributed by atoms with E-state index >= 15 is 0 Å². The molecule has 2 rings (SSSR count). The molecular formula is C17H28N2O. The van der Waals surface area contributed by atoms with Crippen LogP contribution in [0.25, 0.3) is 0 Å². The predicted molar refractivity (Wildman–Crippen MR) is 85.5 cm³/mol. The lowest BCUT2D eigenvalue weighted by molar-refractivity contribution is 0.414. The van der Waals surface area contributed by atoms with Gasteiger partial charge in [0.1, 0.15) is 5.75 Å². The lowest BCUT2D eigenvalue weighted by atomic mass is 10.1. The second-order valence-electron chi connectivity index (χ2n) is 5.68. The first-order valence-electron chi connectivity index (χ1n) is 7.96. The van der Waals surface area contributed by atoms with E-state index in [0.29, 0.717) is 6.04 Å². The largest absolute Gasteiger partial charge is 0.497 e. The van der Waals surface area contributed by atoms with E-state index in [0.717, 1.165) is 25.3 Å². The fourth-order valence-electron chi connectivity index (χ4n) is 3.14. The summed E-state index contributed by atoms with van der Waals surface area (Å²) >= 11 is 0. The fraction of sp³-hybridized carbons (Fsp3) is 0.647. The molecule has 0 amide bonds. The summed E-state index contributed by atoms with van der Waals surface area (Å²) in [5.74, 6) is 0.939. The van der Waals surface area contributed by atoms with E-state index in [1.807, 2.05) is 6.07 Å². The van der Waals surface area contributed by atoms with Crippen molar-refractivity contribution in [3.8, 4) is 5.75 Å². The molecule has 2 N–H and O–H groups in total. The smallest absolute Gasteiger partial charge is 0.120 e. The Kier molecular flexibility index (Phi) is 6.19. The molecule has 1 aromatic rings. The minimum Gasteiger partial charge on any atom is -0.497 e. The van der Waals surface area contributed by atoms with E-state index in [9.17, 15) is 0 Å². The van der Waals surface area contributed by atoms with Gasteiger partial charge >= 0.3 is 0 Å². The Labute approximate surface area is 123 Å². The Morgan fingerprint density at radius 2 is 1.95 bits per heavy atom. The first-order chi connectivity index (χ1) is 9.85. The summed E-state index contributed by atoms with van der Waals surface area (Å²) in [6.07, 6.45) is 9.15. The molecular weight excluding hydrogens is 248 g/mol. The minimum atomic E-state index is 0.663. The van der Waals surface area contributed by atoms with Gasteiger partial charge in [-0.15, -0.1) is 0 Å². The van der Waals surface area contributed by atoms with Crippen LogP contribution >= 0.6 is 0 Å². The summed E-state index contributed by atoms with van der Waals surface area (Å²) in [4.78, 5) is 2.56. The van der Waals surface area contributed by atoms with Crippen molar-refractivity contribution in [1.29, 1.82) is 0 Å². The van der Waals surface area contributed by atoms with Crippen LogP contribution in [0.15, 0.2) is 24.3 Å². The molecule has 0 aliphatic heterocycles. The van der Waals surface area contributed by atoms with Gasteiger partial charge in [-0.3, -0.25) is 0 Å². The zero-order chi connectivity index (χ0) is 14.2. The fourth-order valence-corrected chi connectivity index (χ4v) is 3.14. The molecule has 1 saturated carbocycles. The van der Waals surface area contributed by atoms with Crippen molar-refractivity contribution >= 4 is 5.69 Å². The van der Waals surface area contributed by atoms with E-state index in [4.69, 9.17) is 10.5 Å². The number of nitrogens with zero attached hydrogens (tertiary/aromatic N) is 1. The number of rotatable bonds is 6. The third-order valence-electron chi connectivity index (χ3n) is 4.25. The van der Waals surface area contributed by atoms with Crippen LogP contribution in [0.4, 0.5) is 5.69 Å². The Morgan fingerprint density at radius 3 is 2.60 bits per heavy atom. The van der Waals surface area contributed by atoms with Crippen LogP contribution in [-0.4, -0.2) is 26.2 Å². The molecule has 3 heteroatoms. The second kappa shape index (κ2) is 8.15. The van der Waals surface area contributed by atoms with Crippen molar-refractivity contribution in [2.45, 2.75) is 51.0 Å². The molecule has 0 radical (unpaired) electrons. The van der Waals surface area contributed by atoms with Gasteiger partial charge < -0.3 is 15.4 Å². The number of ether oxygens (including phenoxy) is 1. The predicted octanol–water partition coefficient (Wildman–Crippen LogP) is 3.57. The van der Waals surface area contributed by atoms with Crippen LogP contribution in [0.1, 0.15) is 44.9 Å². The van der Waals surface area contributed by atoms with E-state index in [1.165, 1.54) is 44.2 Å². The highest BCUT2D eigenvalue weighted by molar-refractivity contribution is 5.51. The molecule has 1 aliphatic rings. The molecule has 1 aliphatic carbocycles. The molecule has 0 bridgehead atoms. The molecule has 0 heterocycles. The zero-order valence-electron chi connectivity index (χ0n) is 12.7. The van der Waals surface area contributed by atoms with Gasteiger partial charge in [0, 0.05) is 24.3 Å². The SMILES string of the molecule is COc1cccc(N(CCCN)C2CCCCCC2)c1. The number of benzene rings is 1. The molecule has 3 nitrogen and oxygen atoms in total. The summed E-state index contributed by atoms with van der Waals surface area (Å²) in [5, 5.41) is 0. The number of methoxy groups -OCH3 is 1. The van der Waals surface area contributed by atoms with Gasteiger partial charge in [0.2, 0.25) is 0 Å². The Balaban J connectivity index is 2.15. The molecule has 0 spiro atoms. The first-order valence-corrected chi connectivity index (χ1v) is 7.96. The quantitative estimate of drug-likeness (QED) is 0.807. The number of hydrogen-bond donors (Lipinski definition) is 1. The van der Waals surface area contributed by atoms with E-state index < -0.39 is 0 Å². The van der Waals surface area contributed by atoms with Gasteiger partial charge in [-0.1, -0.05) is 31.7 Å². The van der Waals surface area contributed by atoms with Gasteiger partial charge in [0.15, 0.2) is 0 Å². The summed E-state index contributed by atoms with van der Waals surface area (Å²) in [6, 6.07) is 9.11. The van der Waals surface area contributed by atoms with Gasteiger partial charge in [0.25, 0.3) is 0 Å².